The van der Waals surface area contributed by atoms with E-state index in [-0.39, 0.29) is 24.0 Å². The van der Waals surface area contributed by atoms with Crippen molar-refractivity contribution in [1.82, 2.24) is 0 Å². The van der Waals surface area contributed by atoms with E-state index in [0.29, 0.717) is 37.1 Å². The SMILES string of the molecule is Cc1cc(CCCOP(N)(=O)OCCCc2cc(C)c(N=O)c(C(C)(C)C)c2)cc(C(C)(C)C)c1O. The first-order valence-electron chi connectivity index (χ1n) is 12.5. The fourth-order valence-corrected chi connectivity index (χ4v) is 5.08. The molecule has 8 heteroatoms. The Balaban J connectivity index is 1.84. The number of hydrogen-bond donors (Lipinski definition) is 2. The molecule has 36 heavy (non-hydrogen) atoms. The molecule has 0 saturated heterocycles. The molecule has 0 spiro atoms. The summed E-state index contributed by atoms with van der Waals surface area (Å²) in [6.45, 7) is 16.6. The van der Waals surface area contributed by atoms with Crippen LogP contribution in [0.2, 0.25) is 0 Å². The molecule has 0 amide bonds. The Kier molecular flexibility index (Phi) is 10.1. The molecular formula is C28H43N2O5P. The molecule has 0 aromatic heterocycles. The molecule has 0 aliphatic heterocycles. The van der Waals surface area contributed by atoms with Crippen molar-refractivity contribution < 1.29 is 18.7 Å². The summed E-state index contributed by atoms with van der Waals surface area (Å²) >= 11 is 0. The van der Waals surface area contributed by atoms with Crippen LogP contribution in [-0.2, 0) is 37.3 Å². The normalized spacial score (nSPS) is 14.0. The lowest BCUT2D eigenvalue weighted by Gasteiger charge is -2.23. The standard InChI is InChI=1S/C28H43N2O5P/c1-19-15-21(17-23(25(19)30-32)27(3,4)5)11-9-13-34-36(29,33)35-14-10-12-22-16-20(2)26(31)24(18-22)28(6,7)8/h15-18,31H,9-14H2,1-8H3,(H2,29,33). The second kappa shape index (κ2) is 12.0. The third-order valence-electron chi connectivity index (χ3n) is 6.19. The Morgan fingerprint density at radius 1 is 0.833 bits per heavy atom. The van der Waals surface area contributed by atoms with Crippen molar-refractivity contribution in [3.8, 4) is 5.75 Å². The fraction of sp³-hybridized carbons (Fsp3) is 0.571. The van der Waals surface area contributed by atoms with E-state index in [9.17, 15) is 14.6 Å². The number of hydrogen-bond acceptors (Lipinski definition) is 6. The van der Waals surface area contributed by atoms with Gasteiger partial charge in [0.15, 0.2) is 0 Å². The molecule has 3 N–H and O–H groups in total. The van der Waals surface area contributed by atoms with E-state index in [1.807, 2.05) is 38.1 Å². The number of aryl methyl sites for hydroxylation is 4. The number of nitroso groups, excluding NO2 is 1. The van der Waals surface area contributed by atoms with Crippen LogP contribution in [0.5, 0.6) is 5.75 Å². The van der Waals surface area contributed by atoms with Crippen LogP contribution in [0.4, 0.5) is 5.69 Å². The summed E-state index contributed by atoms with van der Waals surface area (Å²) in [4.78, 5) is 11.3. The predicted octanol–water partition coefficient (Wildman–Crippen LogP) is 7.67. The van der Waals surface area contributed by atoms with Gasteiger partial charge >= 0.3 is 7.75 Å². The average Bonchev–Trinajstić information content (AvgIpc) is 2.74. The quantitative estimate of drug-likeness (QED) is 0.179. The van der Waals surface area contributed by atoms with E-state index in [4.69, 9.17) is 14.6 Å². The van der Waals surface area contributed by atoms with Gasteiger partial charge in [0.05, 0.1) is 13.2 Å². The molecule has 0 heterocycles. The van der Waals surface area contributed by atoms with Crippen LogP contribution in [0.1, 0.15) is 87.8 Å². The maximum atomic E-state index is 12.5. The molecule has 2 aromatic carbocycles. The molecule has 0 saturated carbocycles. The van der Waals surface area contributed by atoms with Crippen molar-refractivity contribution in [1.29, 1.82) is 0 Å². The zero-order chi connectivity index (χ0) is 27.3. The number of aromatic hydroxyl groups is 1. The highest BCUT2D eigenvalue weighted by Gasteiger charge is 2.22. The van der Waals surface area contributed by atoms with Gasteiger partial charge < -0.3 is 5.11 Å². The summed E-state index contributed by atoms with van der Waals surface area (Å²) in [5.41, 5.74) is 11.6. The molecule has 0 bridgehead atoms. The second-order valence-corrected chi connectivity index (χ2v) is 13.2. The highest BCUT2D eigenvalue weighted by molar-refractivity contribution is 7.51. The molecule has 2 aromatic rings. The molecule has 1 atom stereocenters. The van der Waals surface area contributed by atoms with Gasteiger partial charge in [-0.15, -0.1) is 4.91 Å². The van der Waals surface area contributed by atoms with Crippen LogP contribution in [0.15, 0.2) is 29.4 Å². The van der Waals surface area contributed by atoms with Crippen LogP contribution in [-0.4, -0.2) is 18.3 Å². The van der Waals surface area contributed by atoms with Crippen molar-refractivity contribution >= 4 is 13.4 Å². The Morgan fingerprint density at radius 3 is 1.72 bits per heavy atom. The lowest BCUT2D eigenvalue weighted by atomic mass is 9.83. The van der Waals surface area contributed by atoms with E-state index >= 15 is 0 Å². The summed E-state index contributed by atoms with van der Waals surface area (Å²) in [6, 6.07) is 7.96. The van der Waals surface area contributed by atoms with Crippen LogP contribution in [0.25, 0.3) is 0 Å². The topological polar surface area (TPSA) is 111 Å². The van der Waals surface area contributed by atoms with Crippen molar-refractivity contribution in [3.05, 3.63) is 62.6 Å². The molecule has 200 valence electrons. The number of nitrogens with zero attached hydrogens (tertiary/aromatic N) is 1. The number of benzene rings is 2. The number of nitrogens with two attached hydrogens (primary N) is 1. The third kappa shape index (κ3) is 8.52. The van der Waals surface area contributed by atoms with Crippen LogP contribution < -0.4 is 5.50 Å². The molecule has 7 nitrogen and oxygen atoms in total. The monoisotopic (exact) mass is 518 g/mol. The van der Waals surface area contributed by atoms with Crippen LogP contribution in [0.3, 0.4) is 0 Å². The van der Waals surface area contributed by atoms with Gasteiger partial charge in [-0.2, -0.15) is 0 Å². The Hall–Kier alpha value is -2.05. The fourth-order valence-electron chi connectivity index (χ4n) is 4.24. The highest BCUT2D eigenvalue weighted by atomic mass is 31.2. The summed E-state index contributed by atoms with van der Waals surface area (Å²) in [5.74, 6) is 0.337. The highest BCUT2D eigenvalue weighted by Crippen LogP contribution is 2.40. The van der Waals surface area contributed by atoms with Crippen molar-refractivity contribution in [3.63, 3.8) is 0 Å². The van der Waals surface area contributed by atoms with Gasteiger partial charge in [-0.05, 0) is 88.9 Å². The van der Waals surface area contributed by atoms with Gasteiger partial charge in [-0.25, -0.2) is 10.1 Å². The molecule has 0 fully saturated rings. The van der Waals surface area contributed by atoms with Gasteiger partial charge in [-0.3, -0.25) is 9.05 Å². The first-order valence-corrected chi connectivity index (χ1v) is 14.1. The van der Waals surface area contributed by atoms with Gasteiger partial charge in [-0.1, -0.05) is 65.8 Å². The van der Waals surface area contributed by atoms with Gasteiger partial charge in [0.25, 0.3) is 0 Å². The predicted molar refractivity (Wildman–Crippen MR) is 147 cm³/mol. The molecule has 0 aliphatic rings. The van der Waals surface area contributed by atoms with Gasteiger partial charge in [0, 0.05) is 0 Å². The zero-order valence-electron chi connectivity index (χ0n) is 23.1. The zero-order valence-corrected chi connectivity index (χ0v) is 24.0. The molecular weight excluding hydrogens is 475 g/mol. The van der Waals surface area contributed by atoms with E-state index in [2.05, 4.69) is 46.7 Å². The Morgan fingerprint density at radius 2 is 1.28 bits per heavy atom. The average molecular weight is 519 g/mol. The van der Waals surface area contributed by atoms with E-state index in [1.54, 1.807) is 0 Å². The van der Waals surface area contributed by atoms with E-state index in [0.717, 1.165) is 33.4 Å². The second-order valence-electron chi connectivity index (χ2n) is 11.6. The lowest BCUT2D eigenvalue weighted by Crippen LogP contribution is -2.13. The van der Waals surface area contributed by atoms with Crippen molar-refractivity contribution in [2.75, 3.05) is 13.2 Å². The Bertz CT molecular complexity index is 1120. The molecule has 1 unspecified atom stereocenters. The largest absolute Gasteiger partial charge is 0.507 e. The molecule has 0 aliphatic carbocycles. The summed E-state index contributed by atoms with van der Waals surface area (Å²) in [6.07, 6.45) is 2.65. The van der Waals surface area contributed by atoms with Gasteiger partial charge in [0.1, 0.15) is 11.4 Å². The minimum atomic E-state index is -3.64. The number of phenolic OH excluding ortho intramolecular Hbond substituents is 1. The Labute approximate surface area is 216 Å². The smallest absolute Gasteiger partial charge is 0.402 e. The first kappa shape index (κ1) is 30.2. The minimum Gasteiger partial charge on any atom is -0.507 e. The maximum absolute atomic E-state index is 12.5. The number of phenols is 1. The third-order valence-corrected chi connectivity index (χ3v) is 7.27. The maximum Gasteiger partial charge on any atom is 0.402 e. The summed E-state index contributed by atoms with van der Waals surface area (Å²) in [7, 11) is -3.64. The van der Waals surface area contributed by atoms with Crippen LogP contribution >= 0.6 is 7.75 Å². The van der Waals surface area contributed by atoms with Gasteiger partial charge in [0.2, 0.25) is 0 Å². The first-order chi connectivity index (χ1) is 16.5. The lowest BCUT2D eigenvalue weighted by molar-refractivity contribution is 0.201. The van der Waals surface area contributed by atoms with E-state index < -0.39 is 7.75 Å². The van der Waals surface area contributed by atoms with E-state index in [1.165, 1.54) is 0 Å². The summed E-state index contributed by atoms with van der Waals surface area (Å²) in [5, 5.41) is 13.6. The van der Waals surface area contributed by atoms with Crippen molar-refractivity contribution in [2.24, 2.45) is 10.7 Å². The number of rotatable bonds is 11. The minimum absolute atomic E-state index is 0.164. The summed E-state index contributed by atoms with van der Waals surface area (Å²) < 4.78 is 23.3. The molecule has 0 radical (unpaired) electrons. The van der Waals surface area contributed by atoms with Crippen LogP contribution in [0, 0.1) is 18.8 Å². The van der Waals surface area contributed by atoms with Crippen molar-refractivity contribution in [2.45, 2.75) is 91.9 Å². The molecule has 2 rings (SSSR count).